The van der Waals surface area contributed by atoms with E-state index in [1.165, 1.54) is 12.8 Å². The van der Waals surface area contributed by atoms with Crippen molar-refractivity contribution in [3.8, 4) is 0 Å². The molecular formula is C18H27NO. The van der Waals surface area contributed by atoms with Gasteiger partial charge in [-0.15, -0.1) is 0 Å². The highest BCUT2D eigenvalue weighted by Crippen LogP contribution is 2.32. The van der Waals surface area contributed by atoms with Crippen molar-refractivity contribution < 1.29 is 4.79 Å². The summed E-state index contributed by atoms with van der Waals surface area (Å²) >= 11 is 0. The molecule has 0 atom stereocenters. The number of hydrogen-bond donors (Lipinski definition) is 0. The third-order valence-electron chi connectivity index (χ3n) is 4.17. The Hall–Kier alpha value is -1.15. The lowest BCUT2D eigenvalue weighted by Gasteiger charge is -2.34. The normalized spacial score (nSPS) is 15.9. The van der Waals surface area contributed by atoms with Crippen LogP contribution in [0.2, 0.25) is 0 Å². The minimum absolute atomic E-state index is 0.250. The quantitative estimate of drug-likeness (QED) is 0.699. The van der Waals surface area contributed by atoms with Crippen molar-refractivity contribution in [1.29, 1.82) is 0 Å². The molecule has 1 fully saturated rings. The van der Waals surface area contributed by atoms with Gasteiger partial charge in [-0.05, 0) is 32.6 Å². The summed E-state index contributed by atoms with van der Waals surface area (Å²) in [5.74, 6) is 1.11. The molecule has 0 heterocycles. The summed E-state index contributed by atoms with van der Waals surface area (Å²) in [6, 6.07) is 10.2. The molecule has 0 bridgehead atoms. The van der Waals surface area contributed by atoms with Crippen LogP contribution in [0.5, 0.6) is 0 Å². The summed E-state index contributed by atoms with van der Waals surface area (Å²) < 4.78 is 0. The summed E-state index contributed by atoms with van der Waals surface area (Å²) in [5.41, 5.74) is 0.494. The van der Waals surface area contributed by atoms with Crippen molar-refractivity contribution in [2.24, 2.45) is 11.3 Å². The van der Waals surface area contributed by atoms with Crippen molar-refractivity contribution in [2.45, 2.75) is 46.6 Å². The van der Waals surface area contributed by atoms with E-state index in [2.05, 4.69) is 32.6 Å². The van der Waals surface area contributed by atoms with Crippen molar-refractivity contribution >= 4 is 5.78 Å². The fourth-order valence-electron chi connectivity index (χ4n) is 2.65. The Morgan fingerprint density at radius 1 is 1.25 bits per heavy atom. The van der Waals surface area contributed by atoms with E-state index in [1.807, 2.05) is 30.3 Å². The zero-order valence-corrected chi connectivity index (χ0v) is 13.2. The highest BCUT2D eigenvalue weighted by molar-refractivity contribution is 6.00. The van der Waals surface area contributed by atoms with Gasteiger partial charge in [-0.2, -0.15) is 0 Å². The van der Waals surface area contributed by atoms with E-state index in [9.17, 15) is 4.79 Å². The number of carbonyl (C=O) groups is 1. The van der Waals surface area contributed by atoms with Crippen molar-refractivity contribution in [2.75, 3.05) is 13.1 Å². The topological polar surface area (TPSA) is 20.3 Å². The minimum atomic E-state index is -0.333. The molecule has 0 radical (unpaired) electrons. The first-order valence-corrected chi connectivity index (χ1v) is 7.74. The molecular weight excluding hydrogens is 246 g/mol. The van der Waals surface area contributed by atoms with E-state index < -0.39 is 0 Å². The van der Waals surface area contributed by atoms with E-state index >= 15 is 0 Å². The number of nitrogens with zero attached hydrogens (tertiary/aromatic N) is 1. The van der Waals surface area contributed by atoms with Gasteiger partial charge in [0, 0.05) is 30.1 Å². The smallest absolute Gasteiger partial charge is 0.169 e. The highest BCUT2D eigenvalue weighted by Gasteiger charge is 2.34. The van der Waals surface area contributed by atoms with Gasteiger partial charge in [0.05, 0.1) is 0 Å². The first kappa shape index (κ1) is 15.2. The number of rotatable bonds is 7. The summed E-state index contributed by atoms with van der Waals surface area (Å²) in [6.45, 7) is 10.6. The van der Waals surface area contributed by atoms with Gasteiger partial charge in [-0.3, -0.25) is 9.69 Å². The summed E-state index contributed by atoms with van der Waals surface area (Å²) in [5, 5.41) is 0. The third kappa shape index (κ3) is 3.92. The molecule has 2 heteroatoms. The summed E-state index contributed by atoms with van der Waals surface area (Å²) in [7, 11) is 0. The van der Waals surface area contributed by atoms with Crippen LogP contribution in [-0.4, -0.2) is 29.8 Å². The van der Waals surface area contributed by atoms with Crippen LogP contribution in [0.3, 0.4) is 0 Å². The van der Waals surface area contributed by atoms with Crippen LogP contribution >= 0.6 is 0 Å². The van der Waals surface area contributed by atoms with E-state index in [-0.39, 0.29) is 11.2 Å². The summed E-state index contributed by atoms with van der Waals surface area (Å²) in [6.07, 6.45) is 2.71. The molecule has 1 saturated carbocycles. The lowest BCUT2D eigenvalue weighted by Crippen LogP contribution is -2.43. The number of ketones is 1. The van der Waals surface area contributed by atoms with E-state index in [0.29, 0.717) is 6.04 Å². The van der Waals surface area contributed by atoms with E-state index in [0.717, 1.165) is 24.6 Å². The molecule has 0 N–H and O–H groups in total. The van der Waals surface area contributed by atoms with Crippen LogP contribution in [0.1, 0.15) is 50.9 Å². The predicted octanol–water partition coefficient (Wildman–Crippen LogP) is 4.02. The average molecular weight is 273 g/mol. The first-order chi connectivity index (χ1) is 9.40. The second kappa shape index (κ2) is 6.09. The maximum Gasteiger partial charge on any atom is 0.169 e. The molecule has 20 heavy (non-hydrogen) atoms. The maximum atomic E-state index is 12.7. The first-order valence-electron chi connectivity index (χ1n) is 7.74. The standard InChI is InChI=1S/C18H27NO/c1-14(2)19(12-15-10-11-15)13-18(3,4)17(20)16-8-6-5-7-9-16/h5-9,14-15H,10-13H2,1-4H3. The maximum absolute atomic E-state index is 12.7. The monoisotopic (exact) mass is 273 g/mol. The lowest BCUT2D eigenvalue weighted by molar-refractivity contribution is 0.0724. The highest BCUT2D eigenvalue weighted by atomic mass is 16.1. The van der Waals surface area contributed by atoms with Crippen LogP contribution in [0.15, 0.2) is 30.3 Å². The zero-order valence-electron chi connectivity index (χ0n) is 13.2. The zero-order chi connectivity index (χ0) is 14.8. The molecule has 2 nitrogen and oxygen atoms in total. The van der Waals surface area contributed by atoms with Gasteiger partial charge in [0.2, 0.25) is 0 Å². The molecule has 0 saturated heterocycles. The van der Waals surface area contributed by atoms with Crippen LogP contribution in [0.4, 0.5) is 0 Å². The molecule has 2 rings (SSSR count). The van der Waals surface area contributed by atoms with Gasteiger partial charge >= 0.3 is 0 Å². The van der Waals surface area contributed by atoms with Gasteiger partial charge in [-0.25, -0.2) is 0 Å². The van der Waals surface area contributed by atoms with Crippen molar-refractivity contribution in [1.82, 2.24) is 4.90 Å². The summed E-state index contributed by atoms with van der Waals surface area (Å²) in [4.78, 5) is 15.2. The molecule has 1 aliphatic carbocycles. The predicted molar refractivity (Wildman–Crippen MR) is 84.0 cm³/mol. The molecule has 0 spiro atoms. The van der Waals surface area contributed by atoms with Crippen molar-refractivity contribution in [3.05, 3.63) is 35.9 Å². The van der Waals surface area contributed by atoms with Gasteiger partial charge < -0.3 is 0 Å². The van der Waals surface area contributed by atoms with Crippen molar-refractivity contribution in [3.63, 3.8) is 0 Å². The van der Waals surface area contributed by atoms with Gasteiger partial charge in [0.1, 0.15) is 0 Å². The molecule has 0 aliphatic heterocycles. The Labute approximate surface area is 123 Å². The van der Waals surface area contributed by atoms with Gasteiger partial charge in [0.15, 0.2) is 5.78 Å². The van der Waals surface area contributed by atoms with Crippen LogP contribution in [0, 0.1) is 11.3 Å². The Morgan fingerprint density at radius 3 is 2.35 bits per heavy atom. The Morgan fingerprint density at radius 2 is 1.85 bits per heavy atom. The fraction of sp³-hybridized carbons (Fsp3) is 0.611. The minimum Gasteiger partial charge on any atom is -0.300 e. The Kier molecular flexibility index (Phi) is 4.64. The molecule has 0 aromatic heterocycles. The molecule has 1 aromatic carbocycles. The number of carbonyl (C=O) groups excluding carboxylic acids is 1. The van der Waals surface area contributed by atoms with E-state index in [1.54, 1.807) is 0 Å². The van der Waals surface area contributed by atoms with Gasteiger partial charge in [-0.1, -0.05) is 44.2 Å². The number of hydrogen-bond acceptors (Lipinski definition) is 2. The molecule has 1 aliphatic rings. The third-order valence-corrected chi connectivity index (χ3v) is 4.17. The number of benzene rings is 1. The number of Topliss-reactive ketones (excluding diaryl/α,β-unsaturated/α-hetero) is 1. The molecule has 1 aromatic rings. The average Bonchev–Trinajstić information content (AvgIpc) is 3.21. The lowest BCUT2D eigenvalue weighted by atomic mass is 9.83. The Balaban J connectivity index is 2.06. The molecule has 0 unspecified atom stereocenters. The molecule has 0 amide bonds. The van der Waals surface area contributed by atoms with Gasteiger partial charge in [0.25, 0.3) is 0 Å². The van der Waals surface area contributed by atoms with Crippen LogP contribution < -0.4 is 0 Å². The van der Waals surface area contributed by atoms with Crippen LogP contribution in [0.25, 0.3) is 0 Å². The largest absolute Gasteiger partial charge is 0.300 e. The van der Waals surface area contributed by atoms with Crippen LogP contribution in [-0.2, 0) is 0 Å². The van der Waals surface area contributed by atoms with E-state index in [4.69, 9.17) is 0 Å². The SMILES string of the molecule is CC(C)N(CC1CC1)CC(C)(C)C(=O)c1ccccc1. The Bertz CT molecular complexity index is 446. The fourth-order valence-corrected chi connectivity index (χ4v) is 2.65. The second-order valence-corrected chi connectivity index (χ2v) is 7.05. The second-order valence-electron chi connectivity index (χ2n) is 7.05. The molecule has 110 valence electrons.